The molecular formula is C21H24N4O2. The Morgan fingerprint density at radius 1 is 1.15 bits per heavy atom. The maximum absolute atomic E-state index is 12.6. The molecule has 1 saturated heterocycles. The van der Waals surface area contributed by atoms with Gasteiger partial charge in [0.25, 0.3) is 5.91 Å². The molecule has 6 nitrogen and oxygen atoms in total. The smallest absolute Gasteiger partial charge is 0.274 e. The standard InChI is InChI=1S/C21H24N4O2/c1-15-17-6-2-3-7-19(17)27-20(15)14-23-10-11-25-16(13-23)12-18(22-25)21(26)24-8-4-5-9-24/h2-3,6-7,12H,4-5,8-11,13-14H2,1H3. The minimum absolute atomic E-state index is 0.0779. The fraction of sp³-hybridized carbons (Fsp3) is 0.429. The Bertz CT molecular complexity index is 997. The Kier molecular flexibility index (Phi) is 4.01. The number of aryl methyl sites for hydroxylation is 1. The molecule has 6 heteroatoms. The second-order valence-corrected chi connectivity index (χ2v) is 7.60. The number of nitrogens with zero attached hydrogens (tertiary/aromatic N) is 4. The van der Waals surface area contributed by atoms with E-state index in [9.17, 15) is 4.79 Å². The minimum Gasteiger partial charge on any atom is -0.459 e. The SMILES string of the molecule is Cc1c(CN2CCn3nc(C(=O)N4CCCC4)cc3C2)oc2ccccc12. The number of fused-ring (bicyclic) bond motifs is 2. The largest absolute Gasteiger partial charge is 0.459 e. The van der Waals surface area contributed by atoms with Crippen LogP contribution in [0.5, 0.6) is 0 Å². The molecule has 2 aliphatic rings. The summed E-state index contributed by atoms with van der Waals surface area (Å²) in [7, 11) is 0. The molecule has 0 radical (unpaired) electrons. The summed E-state index contributed by atoms with van der Waals surface area (Å²) in [6.45, 7) is 7.13. The molecule has 0 atom stereocenters. The first-order valence-electron chi connectivity index (χ1n) is 9.74. The summed E-state index contributed by atoms with van der Waals surface area (Å²) < 4.78 is 8.07. The number of hydrogen-bond donors (Lipinski definition) is 0. The minimum atomic E-state index is 0.0779. The topological polar surface area (TPSA) is 54.5 Å². The highest BCUT2D eigenvalue weighted by molar-refractivity contribution is 5.92. The first-order chi connectivity index (χ1) is 13.2. The van der Waals surface area contributed by atoms with Gasteiger partial charge in [-0.1, -0.05) is 18.2 Å². The molecule has 27 heavy (non-hydrogen) atoms. The van der Waals surface area contributed by atoms with Crippen molar-refractivity contribution in [3.8, 4) is 0 Å². The van der Waals surface area contributed by atoms with E-state index in [2.05, 4.69) is 23.0 Å². The zero-order valence-corrected chi connectivity index (χ0v) is 15.6. The molecule has 0 spiro atoms. The van der Waals surface area contributed by atoms with Gasteiger partial charge in [-0.25, -0.2) is 0 Å². The number of carbonyl (C=O) groups is 1. The van der Waals surface area contributed by atoms with Crippen LogP contribution >= 0.6 is 0 Å². The van der Waals surface area contributed by atoms with Crippen molar-refractivity contribution < 1.29 is 9.21 Å². The van der Waals surface area contributed by atoms with Gasteiger partial charge in [-0.15, -0.1) is 0 Å². The highest BCUT2D eigenvalue weighted by atomic mass is 16.3. The quantitative estimate of drug-likeness (QED) is 0.716. The number of para-hydroxylation sites is 1. The molecule has 1 amide bonds. The molecule has 5 rings (SSSR count). The summed E-state index contributed by atoms with van der Waals surface area (Å²) in [5.41, 5.74) is 3.87. The summed E-state index contributed by atoms with van der Waals surface area (Å²) in [6, 6.07) is 10.2. The lowest BCUT2D eigenvalue weighted by Crippen LogP contribution is -2.33. The van der Waals surface area contributed by atoms with E-state index >= 15 is 0 Å². The Balaban J connectivity index is 1.33. The van der Waals surface area contributed by atoms with E-state index in [1.54, 1.807) is 0 Å². The van der Waals surface area contributed by atoms with Crippen molar-refractivity contribution in [2.75, 3.05) is 19.6 Å². The molecule has 0 unspecified atom stereocenters. The van der Waals surface area contributed by atoms with Crippen molar-refractivity contribution in [1.29, 1.82) is 0 Å². The predicted octanol–water partition coefficient (Wildman–Crippen LogP) is 3.19. The molecule has 1 fully saturated rings. The van der Waals surface area contributed by atoms with Gasteiger partial charge in [-0.05, 0) is 37.5 Å². The third kappa shape index (κ3) is 2.94. The lowest BCUT2D eigenvalue weighted by molar-refractivity contribution is 0.0786. The lowest BCUT2D eigenvalue weighted by Gasteiger charge is -2.26. The molecule has 0 saturated carbocycles. The average molecular weight is 364 g/mol. The normalized spacial score (nSPS) is 17.6. The van der Waals surface area contributed by atoms with E-state index in [4.69, 9.17) is 4.42 Å². The van der Waals surface area contributed by atoms with Crippen LogP contribution in [0, 0.1) is 6.92 Å². The van der Waals surface area contributed by atoms with Crippen molar-refractivity contribution >= 4 is 16.9 Å². The average Bonchev–Trinajstić information content (AvgIpc) is 3.41. The van der Waals surface area contributed by atoms with Gasteiger partial charge in [0.15, 0.2) is 5.69 Å². The highest BCUT2D eigenvalue weighted by Crippen LogP contribution is 2.27. The van der Waals surface area contributed by atoms with Crippen LogP contribution in [0.2, 0.25) is 0 Å². The van der Waals surface area contributed by atoms with Crippen LogP contribution in [0.4, 0.5) is 0 Å². The predicted molar refractivity (Wildman–Crippen MR) is 102 cm³/mol. The monoisotopic (exact) mass is 364 g/mol. The summed E-state index contributed by atoms with van der Waals surface area (Å²) >= 11 is 0. The van der Waals surface area contributed by atoms with Crippen LogP contribution in [0.25, 0.3) is 11.0 Å². The number of aromatic nitrogens is 2. The molecule has 3 aromatic rings. The number of benzene rings is 1. The number of likely N-dealkylation sites (tertiary alicyclic amines) is 1. The van der Waals surface area contributed by atoms with Crippen LogP contribution in [0.3, 0.4) is 0 Å². The van der Waals surface area contributed by atoms with Crippen molar-refractivity contribution in [2.45, 2.75) is 39.4 Å². The summed E-state index contributed by atoms with van der Waals surface area (Å²) in [5, 5.41) is 5.75. The maximum atomic E-state index is 12.6. The van der Waals surface area contributed by atoms with Gasteiger partial charge in [0.1, 0.15) is 11.3 Å². The molecule has 140 valence electrons. The van der Waals surface area contributed by atoms with Crippen molar-refractivity contribution in [3.05, 3.63) is 53.0 Å². The second kappa shape index (κ2) is 6.53. The van der Waals surface area contributed by atoms with Crippen molar-refractivity contribution in [3.63, 3.8) is 0 Å². The van der Waals surface area contributed by atoms with Gasteiger partial charge in [-0.2, -0.15) is 5.10 Å². The molecule has 0 aliphatic carbocycles. The number of amides is 1. The van der Waals surface area contributed by atoms with Crippen LogP contribution < -0.4 is 0 Å². The molecule has 2 aromatic heterocycles. The second-order valence-electron chi connectivity index (χ2n) is 7.60. The van der Waals surface area contributed by atoms with E-state index < -0.39 is 0 Å². The molecule has 1 aromatic carbocycles. The van der Waals surface area contributed by atoms with Gasteiger partial charge < -0.3 is 9.32 Å². The Hall–Kier alpha value is -2.60. The number of carbonyl (C=O) groups excluding carboxylic acids is 1. The van der Waals surface area contributed by atoms with Crippen LogP contribution in [-0.4, -0.2) is 45.1 Å². The Morgan fingerprint density at radius 2 is 1.96 bits per heavy atom. The van der Waals surface area contributed by atoms with E-state index in [0.29, 0.717) is 5.69 Å². The lowest BCUT2D eigenvalue weighted by atomic mass is 10.1. The Morgan fingerprint density at radius 3 is 2.78 bits per heavy atom. The Labute approximate surface area is 158 Å². The summed E-state index contributed by atoms with van der Waals surface area (Å²) in [5.74, 6) is 1.10. The fourth-order valence-corrected chi connectivity index (χ4v) is 4.22. The maximum Gasteiger partial charge on any atom is 0.274 e. The van der Waals surface area contributed by atoms with Crippen LogP contribution in [0.1, 0.15) is 40.3 Å². The third-order valence-electron chi connectivity index (χ3n) is 5.80. The molecule has 2 aliphatic heterocycles. The van der Waals surface area contributed by atoms with Crippen LogP contribution in [0.15, 0.2) is 34.7 Å². The van der Waals surface area contributed by atoms with Gasteiger partial charge in [0.05, 0.1) is 18.8 Å². The zero-order chi connectivity index (χ0) is 18.4. The molecule has 0 bridgehead atoms. The van der Waals surface area contributed by atoms with E-state index in [0.717, 1.165) is 69.1 Å². The summed E-state index contributed by atoms with van der Waals surface area (Å²) in [6.07, 6.45) is 2.20. The number of hydrogen-bond acceptors (Lipinski definition) is 4. The highest BCUT2D eigenvalue weighted by Gasteiger charge is 2.26. The third-order valence-corrected chi connectivity index (χ3v) is 5.80. The van der Waals surface area contributed by atoms with E-state index in [1.807, 2.05) is 33.8 Å². The van der Waals surface area contributed by atoms with E-state index in [1.165, 1.54) is 10.9 Å². The van der Waals surface area contributed by atoms with Crippen LogP contribution in [-0.2, 0) is 19.6 Å². The van der Waals surface area contributed by atoms with Crippen molar-refractivity contribution in [1.82, 2.24) is 19.6 Å². The first-order valence-corrected chi connectivity index (χ1v) is 9.74. The number of rotatable bonds is 3. The molecule has 4 heterocycles. The summed E-state index contributed by atoms with van der Waals surface area (Å²) in [4.78, 5) is 16.9. The number of furan rings is 1. The van der Waals surface area contributed by atoms with Gasteiger partial charge in [0, 0.05) is 31.6 Å². The first kappa shape index (κ1) is 16.6. The molecular weight excluding hydrogens is 340 g/mol. The zero-order valence-electron chi connectivity index (χ0n) is 15.6. The van der Waals surface area contributed by atoms with Gasteiger partial charge in [0.2, 0.25) is 0 Å². The van der Waals surface area contributed by atoms with Gasteiger partial charge in [-0.3, -0.25) is 14.4 Å². The fourth-order valence-electron chi connectivity index (χ4n) is 4.22. The van der Waals surface area contributed by atoms with Gasteiger partial charge >= 0.3 is 0 Å². The van der Waals surface area contributed by atoms with Crippen molar-refractivity contribution in [2.24, 2.45) is 0 Å². The van der Waals surface area contributed by atoms with E-state index in [-0.39, 0.29) is 5.91 Å². The molecule has 0 N–H and O–H groups in total.